The Morgan fingerprint density at radius 2 is 2.05 bits per heavy atom. The molecule has 1 aliphatic carbocycles. The quantitative estimate of drug-likeness (QED) is 0.719. The number of aliphatic hydroxyl groups excluding tert-OH is 2. The number of aromatic hydroxyl groups is 1. The van der Waals surface area contributed by atoms with Crippen molar-refractivity contribution in [2.45, 2.75) is 38.1 Å². The molecule has 0 aromatic heterocycles. The highest BCUT2D eigenvalue weighted by molar-refractivity contribution is 6.05. The van der Waals surface area contributed by atoms with E-state index < -0.39 is 29.5 Å². The zero-order valence-corrected chi connectivity index (χ0v) is 12.7. The lowest BCUT2D eigenvalue weighted by Gasteiger charge is -2.51. The van der Waals surface area contributed by atoms with Crippen LogP contribution >= 0.6 is 0 Å². The third-order valence-electron chi connectivity index (χ3n) is 4.89. The number of rotatable bonds is 1. The van der Waals surface area contributed by atoms with Crippen molar-refractivity contribution >= 4 is 5.78 Å². The Morgan fingerprint density at radius 3 is 2.68 bits per heavy atom. The van der Waals surface area contributed by atoms with E-state index in [0.717, 1.165) is 0 Å². The van der Waals surface area contributed by atoms with Crippen LogP contribution < -0.4 is 9.47 Å². The molecule has 22 heavy (non-hydrogen) atoms. The summed E-state index contributed by atoms with van der Waals surface area (Å²) < 4.78 is 11.0. The van der Waals surface area contributed by atoms with E-state index >= 15 is 0 Å². The summed E-state index contributed by atoms with van der Waals surface area (Å²) in [6.07, 6.45) is -1.51. The standard InChI is InChI=1S/C16H20O6/c1-7-4-10(18)13-14(19)12-9(17)5-8(21-3)6-11(12)22-16(13,2)15(7)20/h5-7,10,13,15,17-18,20H,4H2,1-3H3. The van der Waals surface area contributed by atoms with Gasteiger partial charge in [0.05, 0.1) is 25.2 Å². The smallest absolute Gasteiger partial charge is 0.180 e. The Bertz CT molecular complexity index is 627. The van der Waals surface area contributed by atoms with E-state index in [2.05, 4.69) is 0 Å². The van der Waals surface area contributed by atoms with Crippen molar-refractivity contribution in [1.82, 2.24) is 0 Å². The molecule has 2 aliphatic rings. The first-order chi connectivity index (χ1) is 10.3. The minimum absolute atomic E-state index is 0.0316. The maximum absolute atomic E-state index is 12.8. The molecule has 6 nitrogen and oxygen atoms in total. The van der Waals surface area contributed by atoms with Crippen LogP contribution in [0.15, 0.2) is 12.1 Å². The molecule has 0 saturated heterocycles. The van der Waals surface area contributed by atoms with Crippen LogP contribution in [0.5, 0.6) is 17.2 Å². The average Bonchev–Trinajstić information content (AvgIpc) is 2.43. The van der Waals surface area contributed by atoms with Gasteiger partial charge in [-0.25, -0.2) is 0 Å². The molecule has 0 bridgehead atoms. The Hall–Kier alpha value is -1.79. The molecule has 1 aliphatic heterocycles. The van der Waals surface area contributed by atoms with Crippen molar-refractivity contribution in [3.05, 3.63) is 17.7 Å². The molecule has 0 radical (unpaired) electrons. The summed E-state index contributed by atoms with van der Waals surface area (Å²) >= 11 is 0. The van der Waals surface area contributed by atoms with Crippen molar-refractivity contribution in [3.63, 3.8) is 0 Å². The number of aliphatic hydroxyl groups is 2. The van der Waals surface area contributed by atoms with Gasteiger partial charge in [-0.3, -0.25) is 4.79 Å². The number of Topliss-reactive ketones (excluding diaryl/α,β-unsaturated/α-hetero) is 1. The normalized spacial score (nSPS) is 37.0. The molecule has 1 heterocycles. The highest BCUT2D eigenvalue weighted by Crippen LogP contribution is 2.49. The van der Waals surface area contributed by atoms with Crippen molar-refractivity contribution in [2.24, 2.45) is 11.8 Å². The monoisotopic (exact) mass is 308 g/mol. The lowest BCUT2D eigenvalue weighted by molar-refractivity contribution is -0.157. The summed E-state index contributed by atoms with van der Waals surface area (Å²) in [6.45, 7) is 3.43. The van der Waals surface area contributed by atoms with E-state index in [1.807, 2.05) is 6.92 Å². The summed E-state index contributed by atoms with van der Waals surface area (Å²) in [5.41, 5.74) is -1.20. The zero-order chi connectivity index (χ0) is 16.2. The van der Waals surface area contributed by atoms with Gasteiger partial charge in [-0.2, -0.15) is 0 Å². The second-order valence-corrected chi connectivity index (χ2v) is 6.37. The molecule has 3 N–H and O–H groups in total. The van der Waals surface area contributed by atoms with E-state index in [1.54, 1.807) is 6.92 Å². The van der Waals surface area contributed by atoms with E-state index in [4.69, 9.17) is 9.47 Å². The second kappa shape index (κ2) is 4.86. The summed E-state index contributed by atoms with van der Waals surface area (Å²) in [5, 5.41) is 30.9. The topological polar surface area (TPSA) is 96.2 Å². The highest BCUT2D eigenvalue weighted by Gasteiger charge is 2.59. The fourth-order valence-corrected chi connectivity index (χ4v) is 3.75. The van der Waals surface area contributed by atoms with Crippen LogP contribution in [0.1, 0.15) is 30.6 Å². The van der Waals surface area contributed by atoms with Gasteiger partial charge in [0.15, 0.2) is 5.78 Å². The predicted octanol–water partition coefficient (Wildman–Crippen LogP) is 1.11. The number of carbonyl (C=O) groups excluding carboxylic acids is 1. The Balaban J connectivity index is 2.16. The van der Waals surface area contributed by atoms with E-state index in [0.29, 0.717) is 12.2 Å². The molecule has 5 unspecified atom stereocenters. The van der Waals surface area contributed by atoms with Gasteiger partial charge in [0, 0.05) is 12.1 Å². The fourth-order valence-electron chi connectivity index (χ4n) is 3.75. The van der Waals surface area contributed by atoms with Crippen LogP contribution in [0.3, 0.4) is 0 Å². The molecule has 120 valence electrons. The lowest BCUT2D eigenvalue weighted by atomic mass is 9.64. The largest absolute Gasteiger partial charge is 0.507 e. The number of carbonyl (C=O) groups is 1. The third kappa shape index (κ3) is 1.90. The molecular weight excluding hydrogens is 288 g/mol. The van der Waals surface area contributed by atoms with Crippen LogP contribution in [-0.2, 0) is 0 Å². The predicted molar refractivity (Wildman–Crippen MR) is 77.3 cm³/mol. The SMILES string of the molecule is COc1cc(O)c2c(c1)OC1(C)C(O)C(C)CC(O)C1C2=O. The number of phenolic OH excluding ortho intramolecular Hbond substituents is 1. The van der Waals surface area contributed by atoms with Crippen LogP contribution in [0.2, 0.25) is 0 Å². The second-order valence-electron chi connectivity index (χ2n) is 6.37. The Morgan fingerprint density at radius 1 is 1.36 bits per heavy atom. The molecule has 1 aromatic carbocycles. The molecule has 1 saturated carbocycles. The van der Waals surface area contributed by atoms with Crippen LogP contribution in [0.4, 0.5) is 0 Å². The summed E-state index contributed by atoms with van der Waals surface area (Å²) in [7, 11) is 1.44. The zero-order valence-electron chi connectivity index (χ0n) is 12.7. The molecule has 1 fully saturated rings. The highest BCUT2D eigenvalue weighted by atomic mass is 16.5. The van der Waals surface area contributed by atoms with E-state index in [1.165, 1.54) is 19.2 Å². The number of ketones is 1. The van der Waals surface area contributed by atoms with Crippen molar-refractivity contribution in [1.29, 1.82) is 0 Å². The number of hydrogen-bond donors (Lipinski definition) is 3. The van der Waals surface area contributed by atoms with Gasteiger partial charge in [-0.05, 0) is 19.3 Å². The first-order valence-electron chi connectivity index (χ1n) is 7.30. The van der Waals surface area contributed by atoms with Gasteiger partial charge < -0.3 is 24.8 Å². The average molecular weight is 308 g/mol. The maximum atomic E-state index is 12.8. The molecule has 1 aromatic rings. The molecular formula is C16H20O6. The van der Waals surface area contributed by atoms with Crippen LogP contribution in [0, 0.1) is 11.8 Å². The number of phenols is 1. The summed E-state index contributed by atoms with van der Waals surface area (Å²) in [6, 6.07) is 2.84. The molecule has 5 atom stereocenters. The van der Waals surface area contributed by atoms with Crippen LogP contribution in [-0.4, -0.2) is 46.0 Å². The minimum atomic E-state index is -1.24. The number of ether oxygens (including phenoxy) is 2. The minimum Gasteiger partial charge on any atom is -0.507 e. The van der Waals surface area contributed by atoms with Crippen molar-refractivity contribution in [2.75, 3.05) is 7.11 Å². The third-order valence-corrected chi connectivity index (χ3v) is 4.89. The first kappa shape index (κ1) is 15.1. The van der Waals surface area contributed by atoms with E-state index in [-0.39, 0.29) is 23.0 Å². The Labute approximate surface area is 128 Å². The van der Waals surface area contributed by atoms with Gasteiger partial charge in [0.1, 0.15) is 28.4 Å². The van der Waals surface area contributed by atoms with Crippen molar-refractivity contribution in [3.8, 4) is 17.2 Å². The fraction of sp³-hybridized carbons (Fsp3) is 0.562. The number of benzene rings is 1. The molecule has 3 rings (SSSR count). The van der Waals surface area contributed by atoms with E-state index in [9.17, 15) is 20.1 Å². The number of methoxy groups -OCH3 is 1. The van der Waals surface area contributed by atoms with Gasteiger partial charge in [-0.1, -0.05) is 6.92 Å². The van der Waals surface area contributed by atoms with Crippen LogP contribution in [0.25, 0.3) is 0 Å². The summed E-state index contributed by atoms with van der Waals surface area (Å²) in [5.74, 6) is -1.26. The number of hydrogen-bond acceptors (Lipinski definition) is 6. The maximum Gasteiger partial charge on any atom is 0.180 e. The van der Waals surface area contributed by atoms with Gasteiger partial charge in [0.25, 0.3) is 0 Å². The summed E-state index contributed by atoms with van der Waals surface area (Å²) in [4.78, 5) is 12.8. The molecule has 0 spiro atoms. The first-order valence-corrected chi connectivity index (χ1v) is 7.30. The van der Waals surface area contributed by atoms with Crippen molar-refractivity contribution < 1.29 is 29.6 Å². The molecule has 0 amide bonds. The molecule has 6 heteroatoms. The number of fused-ring (bicyclic) bond motifs is 2. The van der Waals surface area contributed by atoms with Gasteiger partial charge in [-0.15, -0.1) is 0 Å². The lowest BCUT2D eigenvalue weighted by Crippen LogP contribution is -2.65. The van der Waals surface area contributed by atoms with Gasteiger partial charge >= 0.3 is 0 Å². The Kier molecular flexibility index (Phi) is 3.34. The van der Waals surface area contributed by atoms with Gasteiger partial charge in [0.2, 0.25) is 0 Å².